The topological polar surface area (TPSA) is 49.0 Å². The van der Waals surface area contributed by atoms with Crippen molar-refractivity contribution in [3.05, 3.63) is 47.0 Å². The second kappa shape index (κ2) is 6.84. The minimum Gasteiger partial charge on any atom is -0.490 e. The van der Waals surface area contributed by atoms with Gasteiger partial charge < -0.3 is 24.3 Å². The number of benzene rings is 2. The zero-order valence-electron chi connectivity index (χ0n) is 14.6. The van der Waals surface area contributed by atoms with E-state index in [4.69, 9.17) is 18.9 Å². The fourth-order valence-corrected chi connectivity index (χ4v) is 3.56. The lowest BCUT2D eigenvalue weighted by Crippen LogP contribution is -2.31. The Morgan fingerprint density at radius 1 is 1.04 bits per heavy atom. The molecule has 0 saturated carbocycles. The van der Waals surface area contributed by atoms with Gasteiger partial charge in [0.25, 0.3) is 0 Å². The molecular formula is C20H23NO4. The molecule has 1 atom stereocenters. The highest BCUT2D eigenvalue weighted by Gasteiger charge is 2.29. The molecule has 0 fully saturated rings. The van der Waals surface area contributed by atoms with Gasteiger partial charge in [-0.2, -0.15) is 0 Å². The van der Waals surface area contributed by atoms with Crippen LogP contribution in [0.25, 0.3) is 0 Å². The molecule has 2 heterocycles. The van der Waals surface area contributed by atoms with E-state index in [1.165, 1.54) is 11.1 Å². The van der Waals surface area contributed by atoms with E-state index in [9.17, 15) is 0 Å². The molecule has 0 unspecified atom stereocenters. The third kappa shape index (κ3) is 2.89. The lowest BCUT2D eigenvalue weighted by Gasteiger charge is -2.29. The molecule has 2 aromatic rings. The Bertz CT molecular complexity index is 775. The fraction of sp³-hybridized carbons (Fsp3) is 0.400. The summed E-state index contributed by atoms with van der Waals surface area (Å²) >= 11 is 0. The van der Waals surface area contributed by atoms with Crippen LogP contribution in [0.1, 0.15) is 36.6 Å². The molecule has 5 heteroatoms. The molecule has 4 rings (SSSR count). The zero-order valence-corrected chi connectivity index (χ0v) is 14.6. The van der Waals surface area contributed by atoms with E-state index in [-0.39, 0.29) is 12.8 Å². The highest BCUT2D eigenvalue weighted by Crippen LogP contribution is 2.44. The van der Waals surface area contributed by atoms with Gasteiger partial charge in [-0.25, -0.2) is 0 Å². The van der Waals surface area contributed by atoms with E-state index >= 15 is 0 Å². The molecule has 0 amide bonds. The third-order valence-electron chi connectivity index (χ3n) is 4.60. The van der Waals surface area contributed by atoms with Gasteiger partial charge in [-0.3, -0.25) is 0 Å². The first-order valence-corrected chi connectivity index (χ1v) is 8.86. The average molecular weight is 341 g/mol. The second-order valence-corrected chi connectivity index (χ2v) is 6.08. The quantitative estimate of drug-likeness (QED) is 0.903. The van der Waals surface area contributed by atoms with Crippen LogP contribution in [0.4, 0.5) is 0 Å². The predicted molar refractivity (Wildman–Crippen MR) is 94.9 cm³/mol. The molecule has 0 saturated heterocycles. The van der Waals surface area contributed by atoms with Crippen molar-refractivity contribution in [2.45, 2.75) is 26.3 Å². The number of ether oxygens (including phenoxy) is 4. The van der Waals surface area contributed by atoms with Crippen molar-refractivity contribution in [2.75, 3.05) is 26.6 Å². The molecule has 0 bridgehead atoms. The predicted octanol–water partition coefficient (Wildman–Crippen LogP) is 3.45. The molecule has 0 radical (unpaired) electrons. The van der Waals surface area contributed by atoms with Crippen LogP contribution in [0.3, 0.4) is 0 Å². The third-order valence-corrected chi connectivity index (χ3v) is 4.60. The Kier molecular flexibility index (Phi) is 4.40. The van der Waals surface area contributed by atoms with Crippen LogP contribution in [0.5, 0.6) is 23.0 Å². The summed E-state index contributed by atoms with van der Waals surface area (Å²) in [7, 11) is 0. The minimum absolute atomic E-state index is 0.0512. The van der Waals surface area contributed by atoms with Crippen LogP contribution in [0, 0.1) is 0 Å². The summed E-state index contributed by atoms with van der Waals surface area (Å²) in [6.45, 7) is 6.39. The SMILES string of the molecule is CCOc1cc2c(cc1OCC)[C@H](c1cccc3c1OCO3)NCC2. The van der Waals surface area contributed by atoms with Crippen molar-refractivity contribution < 1.29 is 18.9 Å². The highest BCUT2D eigenvalue weighted by atomic mass is 16.7. The van der Waals surface area contributed by atoms with E-state index in [0.717, 1.165) is 41.5 Å². The Labute approximate surface area is 147 Å². The van der Waals surface area contributed by atoms with E-state index < -0.39 is 0 Å². The van der Waals surface area contributed by atoms with E-state index in [2.05, 4.69) is 23.5 Å². The maximum absolute atomic E-state index is 5.82. The number of rotatable bonds is 5. The number of hydrogen-bond acceptors (Lipinski definition) is 5. The molecular weight excluding hydrogens is 318 g/mol. The first-order valence-electron chi connectivity index (χ1n) is 8.86. The smallest absolute Gasteiger partial charge is 0.231 e. The molecule has 1 N–H and O–H groups in total. The molecule has 0 spiro atoms. The van der Waals surface area contributed by atoms with Gasteiger partial charge in [-0.15, -0.1) is 0 Å². The summed E-state index contributed by atoms with van der Waals surface area (Å²) in [6.07, 6.45) is 0.963. The van der Waals surface area contributed by atoms with E-state index in [1.54, 1.807) is 0 Å². The van der Waals surface area contributed by atoms with Crippen molar-refractivity contribution in [3.8, 4) is 23.0 Å². The van der Waals surface area contributed by atoms with Crippen molar-refractivity contribution in [1.82, 2.24) is 5.32 Å². The molecule has 25 heavy (non-hydrogen) atoms. The standard InChI is InChI=1S/C20H23NO4/c1-3-22-17-10-13-8-9-21-19(15(13)11-18(17)23-4-2)14-6-5-7-16-20(14)25-12-24-16/h5-7,10-11,19,21H,3-4,8-9,12H2,1-2H3/t19-/m0/s1. The molecule has 5 nitrogen and oxygen atoms in total. The van der Waals surface area contributed by atoms with Crippen molar-refractivity contribution in [1.29, 1.82) is 0 Å². The summed E-state index contributed by atoms with van der Waals surface area (Å²) in [5.74, 6) is 3.25. The minimum atomic E-state index is 0.0512. The largest absolute Gasteiger partial charge is 0.490 e. The fourth-order valence-electron chi connectivity index (χ4n) is 3.56. The Balaban J connectivity index is 1.79. The van der Waals surface area contributed by atoms with Gasteiger partial charge in [-0.05, 0) is 49.6 Å². The summed E-state index contributed by atoms with van der Waals surface area (Å²) in [4.78, 5) is 0. The molecule has 132 valence electrons. The number of para-hydroxylation sites is 1. The first kappa shape index (κ1) is 16.1. The normalized spacial score (nSPS) is 17.9. The van der Waals surface area contributed by atoms with Gasteiger partial charge in [0.15, 0.2) is 23.0 Å². The van der Waals surface area contributed by atoms with E-state index in [0.29, 0.717) is 13.2 Å². The monoisotopic (exact) mass is 341 g/mol. The van der Waals surface area contributed by atoms with Gasteiger partial charge >= 0.3 is 0 Å². The number of nitrogens with one attached hydrogen (secondary N) is 1. The molecule has 0 aliphatic carbocycles. The first-order chi connectivity index (χ1) is 12.3. The Morgan fingerprint density at radius 2 is 1.84 bits per heavy atom. The van der Waals surface area contributed by atoms with Crippen molar-refractivity contribution in [3.63, 3.8) is 0 Å². The Hall–Kier alpha value is -2.40. The van der Waals surface area contributed by atoms with Gasteiger partial charge in [0.05, 0.1) is 19.3 Å². The summed E-state index contributed by atoms with van der Waals surface area (Å²) in [5, 5.41) is 3.61. The van der Waals surface area contributed by atoms with Crippen molar-refractivity contribution in [2.24, 2.45) is 0 Å². The lowest BCUT2D eigenvalue weighted by molar-refractivity contribution is 0.173. The summed E-state index contributed by atoms with van der Waals surface area (Å²) in [6, 6.07) is 10.3. The Morgan fingerprint density at radius 3 is 2.64 bits per heavy atom. The maximum Gasteiger partial charge on any atom is 0.231 e. The van der Waals surface area contributed by atoms with Crippen LogP contribution in [0.2, 0.25) is 0 Å². The van der Waals surface area contributed by atoms with Crippen LogP contribution in [0.15, 0.2) is 30.3 Å². The maximum atomic E-state index is 5.82. The molecule has 2 aliphatic heterocycles. The molecule has 2 aliphatic rings. The van der Waals surface area contributed by atoms with Gasteiger partial charge in [-0.1, -0.05) is 12.1 Å². The summed E-state index contributed by atoms with van der Waals surface area (Å²) in [5.41, 5.74) is 3.59. The average Bonchev–Trinajstić information content (AvgIpc) is 3.11. The summed E-state index contributed by atoms with van der Waals surface area (Å²) < 4.78 is 22.9. The molecule has 2 aromatic carbocycles. The number of fused-ring (bicyclic) bond motifs is 2. The highest BCUT2D eigenvalue weighted by molar-refractivity contribution is 5.56. The second-order valence-electron chi connectivity index (χ2n) is 6.08. The van der Waals surface area contributed by atoms with Crippen LogP contribution < -0.4 is 24.3 Å². The van der Waals surface area contributed by atoms with Crippen LogP contribution >= 0.6 is 0 Å². The van der Waals surface area contributed by atoms with Crippen LogP contribution in [-0.4, -0.2) is 26.6 Å². The van der Waals surface area contributed by atoms with Gasteiger partial charge in [0, 0.05) is 12.1 Å². The van der Waals surface area contributed by atoms with Crippen molar-refractivity contribution >= 4 is 0 Å². The van der Waals surface area contributed by atoms with E-state index in [1.807, 2.05) is 26.0 Å². The lowest BCUT2D eigenvalue weighted by atomic mass is 9.89. The van der Waals surface area contributed by atoms with Crippen LogP contribution in [-0.2, 0) is 6.42 Å². The zero-order chi connectivity index (χ0) is 17.2. The van der Waals surface area contributed by atoms with Gasteiger partial charge in [0.1, 0.15) is 0 Å². The number of hydrogen-bond donors (Lipinski definition) is 1. The molecule has 0 aromatic heterocycles. The van der Waals surface area contributed by atoms with Gasteiger partial charge in [0.2, 0.25) is 6.79 Å².